The van der Waals surface area contributed by atoms with Gasteiger partial charge in [0.15, 0.2) is 0 Å². The van der Waals surface area contributed by atoms with Crippen molar-refractivity contribution < 1.29 is 17.6 Å². The summed E-state index contributed by atoms with van der Waals surface area (Å²) in [6.07, 6.45) is 1.16. The fourth-order valence-corrected chi connectivity index (χ4v) is 3.52. The highest BCUT2D eigenvalue weighted by molar-refractivity contribution is 7.89. The Hall–Kier alpha value is -2.71. The number of aromatic nitrogens is 2. The van der Waals surface area contributed by atoms with E-state index in [1.807, 2.05) is 31.2 Å². The summed E-state index contributed by atoms with van der Waals surface area (Å²) < 4.78 is 37.9. The third kappa shape index (κ3) is 4.72. The van der Waals surface area contributed by atoms with E-state index in [0.717, 1.165) is 23.3 Å². The number of nitrogens with zero attached hydrogens (tertiary/aromatic N) is 2. The number of hydrogen-bond acceptors (Lipinski definition) is 6. The fraction of sp³-hybridized carbons (Fsp3) is 0.263. The second-order valence-electron chi connectivity index (χ2n) is 5.87. The third-order valence-corrected chi connectivity index (χ3v) is 5.55. The molecule has 0 radical (unpaired) electrons. The summed E-state index contributed by atoms with van der Waals surface area (Å²) in [6.45, 7) is 2.19. The summed E-state index contributed by atoms with van der Waals surface area (Å²) in [7, 11) is -1.97. The summed E-state index contributed by atoms with van der Waals surface area (Å²) in [4.78, 5) is 0.240. The van der Waals surface area contributed by atoms with E-state index >= 15 is 0 Å². The third-order valence-electron chi connectivity index (χ3n) is 4.08. The van der Waals surface area contributed by atoms with Gasteiger partial charge in [-0.3, -0.25) is 0 Å². The van der Waals surface area contributed by atoms with Gasteiger partial charge in [-0.15, -0.1) is 10.2 Å². The van der Waals surface area contributed by atoms with Crippen LogP contribution in [0.25, 0.3) is 11.5 Å². The Morgan fingerprint density at radius 3 is 2.37 bits per heavy atom. The molecule has 1 heterocycles. The zero-order valence-electron chi connectivity index (χ0n) is 15.2. The Balaban J connectivity index is 1.59. The van der Waals surface area contributed by atoms with Gasteiger partial charge in [-0.05, 0) is 48.4 Å². The number of ether oxygens (including phenoxy) is 1. The van der Waals surface area contributed by atoms with E-state index in [-0.39, 0.29) is 11.4 Å². The average molecular weight is 387 g/mol. The monoisotopic (exact) mass is 387 g/mol. The Kier molecular flexibility index (Phi) is 5.88. The van der Waals surface area contributed by atoms with Gasteiger partial charge in [-0.25, -0.2) is 13.1 Å². The van der Waals surface area contributed by atoms with Crippen molar-refractivity contribution in [1.82, 2.24) is 14.9 Å². The first-order valence-corrected chi connectivity index (χ1v) is 10.1. The maximum atomic E-state index is 12.3. The zero-order chi connectivity index (χ0) is 19.3. The summed E-state index contributed by atoms with van der Waals surface area (Å²) >= 11 is 0. The molecule has 0 atom stereocenters. The van der Waals surface area contributed by atoms with Gasteiger partial charge in [0, 0.05) is 18.5 Å². The van der Waals surface area contributed by atoms with Crippen LogP contribution in [0.5, 0.6) is 5.75 Å². The van der Waals surface area contributed by atoms with Crippen LogP contribution in [0.4, 0.5) is 0 Å². The van der Waals surface area contributed by atoms with Crippen LogP contribution in [-0.2, 0) is 22.9 Å². The van der Waals surface area contributed by atoms with Gasteiger partial charge in [-0.2, -0.15) is 0 Å². The van der Waals surface area contributed by atoms with Crippen LogP contribution in [0.3, 0.4) is 0 Å². The Labute approximate surface area is 158 Å². The molecular weight excluding hydrogens is 366 g/mol. The summed E-state index contributed by atoms with van der Waals surface area (Å²) in [5.41, 5.74) is 1.86. The van der Waals surface area contributed by atoms with Crippen LogP contribution in [-0.4, -0.2) is 32.3 Å². The lowest BCUT2D eigenvalue weighted by Gasteiger charge is -2.06. The average Bonchev–Trinajstić information content (AvgIpc) is 3.17. The van der Waals surface area contributed by atoms with Gasteiger partial charge in [0.25, 0.3) is 0 Å². The number of aryl methyl sites for hydroxylation is 1. The SMILES string of the molecule is CCc1ccc(S(=O)(=O)NCCc2nnc(-c3ccc(OC)cc3)o2)cc1. The largest absolute Gasteiger partial charge is 0.497 e. The van der Waals surface area contributed by atoms with Gasteiger partial charge in [0.05, 0.1) is 12.0 Å². The molecule has 3 rings (SSSR count). The van der Waals surface area contributed by atoms with Crippen molar-refractivity contribution in [3.8, 4) is 17.2 Å². The highest BCUT2D eigenvalue weighted by Crippen LogP contribution is 2.21. The molecule has 0 aliphatic carbocycles. The molecule has 8 heteroatoms. The molecule has 3 aromatic rings. The number of rotatable bonds is 8. The quantitative estimate of drug-likeness (QED) is 0.639. The maximum Gasteiger partial charge on any atom is 0.247 e. The molecule has 0 spiro atoms. The standard InChI is InChI=1S/C19H21N3O4S/c1-3-14-4-10-17(11-5-14)27(23,24)20-13-12-18-21-22-19(26-18)15-6-8-16(25-2)9-7-15/h4-11,20H,3,12-13H2,1-2H3. The molecule has 0 amide bonds. The zero-order valence-corrected chi connectivity index (χ0v) is 16.0. The normalized spacial score (nSPS) is 11.5. The van der Waals surface area contributed by atoms with E-state index in [4.69, 9.17) is 9.15 Å². The second-order valence-corrected chi connectivity index (χ2v) is 7.64. The molecule has 1 N–H and O–H groups in total. The van der Waals surface area contributed by atoms with Gasteiger partial charge in [-0.1, -0.05) is 19.1 Å². The predicted octanol–water partition coefficient (Wildman–Crippen LogP) is 2.83. The molecule has 27 heavy (non-hydrogen) atoms. The van der Waals surface area contributed by atoms with Crippen LogP contribution in [0.15, 0.2) is 57.8 Å². The molecule has 1 aromatic heterocycles. The molecule has 0 aliphatic rings. The summed E-state index contributed by atoms with van der Waals surface area (Å²) in [5, 5.41) is 7.97. The van der Waals surface area contributed by atoms with E-state index in [1.165, 1.54) is 0 Å². The van der Waals surface area contributed by atoms with Crippen molar-refractivity contribution in [3.05, 3.63) is 60.0 Å². The van der Waals surface area contributed by atoms with Crippen molar-refractivity contribution in [1.29, 1.82) is 0 Å². The van der Waals surface area contributed by atoms with Crippen LogP contribution in [0, 0.1) is 0 Å². The van der Waals surface area contributed by atoms with Crippen LogP contribution >= 0.6 is 0 Å². The first kappa shape index (κ1) is 19.1. The number of hydrogen-bond donors (Lipinski definition) is 1. The molecule has 0 unspecified atom stereocenters. The molecule has 142 valence electrons. The predicted molar refractivity (Wildman–Crippen MR) is 101 cm³/mol. The first-order valence-electron chi connectivity index (χ1n) is 8.57. The highest BCUT2D eigenvalue weighted by atomic mass is 32.2. The smallest absolute Gasteiger partial charge is 0.247 e. The minimum absolute atomic E-state index is 0.169. The minimum atomic E-state index is -3.56. The van der Waals surface area contributed by atoms with Gasteiger partial charge in [0.1, 0.15) is 5.75 Å². The van der Waals surface area contributed by atoms with Crippen molar-refractivity contribution in [2.24, 2.45) is 0 Å². The van der Waals surface area contributed by atoms with Crippen molar-refractivity contribution in [3.63, 3.8) is 0 Å². The molecule has 0 saturated carbocycles. The van der Waals surface area contributed by atoms with Gasteiger partial charge in [0.2, 0.25) is 21.8 Å². The lowest BCUT2D eigenvalue weighted by atomic mass is 10.2. The van der Waals surface area contributed by atoms with E-state index in [9.17, 15) is 8.42 Å². The van der Waals surface area contributed by atoms with E-state index in [2.05, 4.69) is 14.9 Å². The van der Waals surface area contributed by atoms with E-state index in [0.29, 0.717) is 18.2 Å². The lowest BCUT2D eigenvalue weighted by molar-refractivity contribution is 0.415. The molecule has 2 aromatic carbocycles. The molecule has 0 bridgehead atoms. The van der Waals surface area contributed by atoms with E-state index < -0.39 is 10.0 Å². The topological polar surface area (TPSA) is 94.3 Å². The Morgan fingerprint density at radius 2 is 1.74 bits per heavy atom. The summed E-state index contributed by atoms with van der Waals surface area (Å²) in [5.74, 6) is 1.48. The first-order chi connectivity index (χ1) is 13.0. The number of methoxy groups -OCH3 is 1. The molecule has 0 fully saturated rings. The molecule has 0 saturated heterocycles. The number of sulfonamides is 1. The van der Waals surface area contributed by atoms with Crippen molar-refractivity contribution >= 4 is 10.0 Å². The lowest BCUT2D eigenvalue weighted by Crippen LogP contribution is -2.26. The van der Waals surface area contributed by atoms with Crippen LogP contribution in [0.1, 0.15) is 18.4 Å². The van der Waals surface area contributed by atoms with Gasteiger partial charge >= 0.3 is 0 Å². The molecule has 7 nitrogen and oxygen atoms in total. The van der Waals surface area contributed by atoms with Crippen molar-refractivity contribution in [2.45, 2.75) is 24.7 Å². The Morgan fingerprint density at radius 1 is 1.04 bits per heavy atom. The highest BCUT2D eigenvalue weighted by Gasteiger charge is 2.14. The number of benzene rings is 2. The van der Waals surface area contributed by atoms with Crippen LogP contribution < -0.4 is 9.46 Å². The fourth-order valence-electron chi connectivity index (χ4n) is 2.48. The van der Waals surface area contributed by atoms with Crippen molar-refractivity contribution in [2.75, 3.05) is 13.7 Å². The van der Waals surface area contributed by atoms with E-state index in [1.54, 1.807) is 31.4 Å². The maximum absolute atomic E-state index is 12.3. The number of nitrogens with one attached hydrogen (secondary N) is 1. The molecular formula is C19H21N3O4S. The summed E-state index contributed by atoms with van der Waals surface area (Å²) in [6, 6.07) is 14.1. The molecule has 0 aliphatic heterocycles. The van der Waals surface area contributed by atoms with Crippen LogP contribution in [0.2, 0.25) is 0 Å². The Bertz CT molecular complexity index is 981. The second kappa shape index (κ2) is 8.32. The van der Waals surface area contributed by atoms with Gasteiger partial charge < -0.3 is 9.15 Å². The minimum Gasteiger partial charge on any atom is -0.497 e.